The molecule has 18 heavy (non-hydrogen) atoms. The highest BCUT2D eigenvalue weighted by Gasteiger charge is 2.35. The highest BCUT2D eigenvalue weighted by atomic mass is 32.2. The van der Waals surface area contributed by atoms with Crippen molar-refractivity contribution in [3.63, 3.8) is 0 Å². The number of aromatic nitrogens is 1. The van der Waals surface area contributed by atoms with Crippen molar-refractivity contribution in [1.29, 1.82) is 0 Å². The number of hydrogen-bond donors (Lipinski definition) is 0. The number of nitrogens with zero attached hydrogens (tertiary/aromatic N) is 2. The van der Waals surface area contributed by atoms with Crippen LogP contribution in [-0.4, -0.2) is 48.5 Å². The largest absolute Gasteiger partial charge is 0.351 e. The molecule has 1 amide bonds. The van der Waals surface area contributed by atoms with Gasteiger partial charge in [-0.2, -0.15) is 0 Å². The smallest absolute Gasteiger partial charge is 0.293 e. The fraction of sp³-hybridized carbons (Fsp3) is 0.636. The molecule has 1 fully saturated rings. The topological polar surface area (TPSA) is 80.5 Å². The van der Waals surface area contributed by atoms with Crippen molar-refractivity contribution in [3.05, 3.63) is 17.5 Å². The van der Waals surface area contributed by atoms with Crippen LogP contribution in [0.15, 0.2) is 10.7 Å². The molecule has 0 bridgehead atoms. The minimum absolute atomic E-state index is 0.0414. The van der Waals surface area contributed by atoms with Gasteiger partial charge >= 0.3 is 0 Å². The highest BCUT2D eigenvalue weighted by molar-refractivity contribution is 7.91. The summed E-state index contributed by atoms with van der Waals surface area (Å²) in [6.07, 6.45) is 1.97. The second-order valence-electron chi connectivity index (χ2n) is 4.49. The minimum atomic E-state index is -3.00. The summed E-state index contributed by atoms with van der Waals surface area (Å²) in [4.78, 5) is 13.8. The normalized spacial score (nSPS) is 22.0. The molecule has 0 saturated carbocycles. The summed E-state index contributed by atoms with van der Waals surface area (Å²) in [5.74, 6) is 0.104. The molecule has 100 valence electrons. The van der Waals surface area contributed by atoms with Gasteiger partial charge in [0.1, 0.15) is 0 Å². The van der Waals surface area contributed by atoms with Crippen LogP contribution < -0.4 is 0 Å². The van der Waals surface area contributed by atoms with Gasteiger partial charge in [-0.05, 0) is 20.3 Å². The van der Waals surface area contributed by atoms with Crippen molar-refractivity contribution in [2.45, 2.75) is 26.3 Å². The van der Waals surface area contributed by atoms with Crippen LogP contribution >= 0.6 is 0 Å². The van der Waals surface area contributed by atoms with E-state index in [2.05, 4.69) is 5.16 Å². The van der Waals surface area contributed by atoms with Crippen LogP contribution in [0.3, 0.4) is 0 Å². The van der Waals surface area contributed by atoms with Crippen molar-refractivity contribution in [2.24, 2.45) is 0 Å². The molecule has 0 radical (unpaired) electrons. The van der Waals surface area contributed by atoms with Crippen LogP contribution in [0.1, 0.15) is 29.5 Å². The molecule has 0 spiro atoms. The lowest BCUT2D eigenvalue weighted by atomic mass is 10.2. The van der Waals surface area contributed by atoms with Crippen LogP contribution in [0, 0.1) is 6.92 Å². The zero-order valence-electron chi connectivity index (χ0n) is 10.4. The fourth-order valence-electron chi connectivity index (χ4n) is 2.22. The third-order valence-electron chi connectivity index (χ3n) is 3.19. The zero-order valence-corrected chi connectivity index (χ0v) is 11.2. The maximum atomic E-state index is 12.3. The molecule has 1 unspecified atom stereocenters. The van der Waals surface area contributed by atoms with E-state index in [0.29, 0.717) is 18.5 Å². The number of carbonyl (C=O) groups excluding carboxylic acids is 1. The molecule has 0 aliphatic carbocycles. The maximum absolute atomic E-state index is 12.3. The summed E-state index contributed by atoms with van der Waals surface area (Å²) in [5.41, 5.74) is 0.666. The van der Waals surface area contributed by atoms with Crippen molar-refractivity contribution in [2.75, 3.05) is 18.1 Å². The molecule has 1 aromatic rings. The zero-order chi connectivity index (χ0) is 13.3. The van der Waals surface area contributed by atoms with Gasteiger partial charge in [0, 0.05) is 18.2 Å². The van der Waals surface area contributed by atoms with Crippen molar-refractivity contribution >= 4 is 15.7 Å². The third kappa shape index (κ3) is 2.40. The fourth-order valence-corrected chi connectivity index (χ4v) is 3.95. The lowest BCUT2D eigenvalue weighted by Gasteiger charge is -2.25. The molecule has 2 heterocycles. The van der Waals surface area contributed by atoms with Crippen LogP contribution in [0.2, 0.25) is 0 Å². The minimum Gasteiger partial charge on any atom is -0.351 e. The van der Waals surface area contributed by atoms with Crippen LogP contribution in [-0.2, 0) is 9.84 Å². The Morgan fingerprint density at radius 2 is 2.33 bits per heavy atom. The van der Waals surface area contributed by atoms with Gasteiger partial charge in [0.05, 0.1) is 17.7 Å². The third-order valence-corrected chi connectivity index (χ3v) is 4.94. The Kier molecular flexibility index (Phi) is 3.43. The van der Waals surface area contributed by atoms with E-state index < -0.39 is 9.84 Å². The van der Waals surface area contributed by atoms with Crippen molar-refractivity contribution in [1.82, 2.24) is 10.1 Å². The van der Waals surface area contributed by atoms with Gasteiger partial charge in [-0.3, -0.25) is 4.79 Å². The van der Waals surface area contributed by atoms with Crippen LogP contribution in [0.5, 0.6) is 0 Å². The predicted molar refractivity (Wildman–Crippen MR) is 65.0 cm³/mol. The summed E-state index contributed by atoms with van der Waals surface area (Å²) >= 11 is 0. The first-order valence-electron chi connectivity index (χ1n) is 5.87. The Bertz CT molecular complexity index is 549. The lowest BCUT2D eigenvalue weighted by Crippen LogP contribution is -2.41. The van der Waals surface area contributed by atoms with Crippen LogP contribution in [0.4, 0.5) is 0 Å². The van der Waals surface area contributed by atoms with Gasteiger partial charge in [-0.25, -0.2) is 8.42 Å². The standard InChI is InChI=1S/C11H16N2O4S/c1-3-13(9-4-5-18(15,16)7-9)11(14)10-8(2)6-12-17-10/h6,9H,3-5,7H2,1-2H3. The number of sulfone groups is 1. The van der Waals surface area contributed by atoms with E-state index in [4.69, 9.17) is 4.52 Å². The monoisotopic (exact) mass is 272 g/mol. The van der Waals surface area contributed by atoms with Crippen molar-refractivity contribution in [3.8, 4) is 0 Å². The molecule has 1 atom stereocenters. The Balaban J connectivity index is 2.20. The number of carbonyl (C=O) groups is 1. The number of hydrogen-bond acceptors (Lipinski definition) is 5. The first kappa shape index (κ1) is 13.1. The summed E-state index contributed by atoms with van der Waals surface area (Å²) < 4.78 is 27.9. The quantitative estimate of drug-likeness (QED) is 0.806. The number of aryl methyl sites for hydroxylation is 1. The lowest BCUT2D eigenvalue weighted by molar-refractivity contribution is 0.0665. The average molecular weight is 272 g/mol. The molecule has 1 saturated heterocycles. The number of rotatable bonds is 3. The molecule has 7 heteroatoms. The first-order chi connectivity index (χ1) is 8.44. The molecule has 1 aliphatic heterocycles. The molecule has 0 N–H and O–H groups in total. The Morgan fingerprint density at radius 3 is 2.78 bits per heavy atom. The summed E-state index contributed by atoms with van der Waals surface area (Å²) in [6, 6.07) is -0.253. The molecule has 1 aromatic heterocycles. The molecule has 6 nitrogen and oxygen atoms in total. The second-order valence-corrected chi connectivity index (χ2v) is 6.71. The highest BCUT2D eigenvalue weighted by Crippen LogP contribution is 2.20. The van der Waals surface area contributed by atoms with E-state index in [-0.39, 0.29) is 29.2 Å². The summed E-state index contributed by atoms with van der Waals surface area (Å²) in [7, 11) is -3.00. The molecule has 1 aliphatic rings. The maximum Gasteiger partial charge on any atom is 0.293 e. The molecular weight excluding hydrogens is 256 g/mol. The Morgan fingerprint density at radius 1 is 1.61 bits per heavy atom. The van der Waals surface area contributed by atoms with E-state index in [1.807, 2.05) is 6.92 Å². The first-order valence-corrected chi connectivity index (χ1v) is 7.69. The van der Waals surface area contributed by atoms with E-state index in [9.17, 15) is 13.2 Å². The summed E-state index contributed by atoms with van der Waals surface area (Å²) in [6.45, 7) is 4.02. The van der Waals surface area contributed by atoms with Gasteiger partial charge in [-0.1, -0.05) is 5.16 Å². The van der Waals surface area contributed by atoms with Gasteiger partial charge < -0.3 is 9.42 Å². The van der Waals surface area contributed by atoms with Crippen molar-refractivity contribution < 1.29 is 17.7 Å². The second kappa shape index (κ2) is 4.72. The van der Waals surface area contributed by atoms with Crippen LogP contribution in [0.25, 0.3) is 0 Å². The Hall–Kier alpha value is -1.37. The van der Waals surface area contributed by atoms with Gasteiger partial charge in [0.2, 0.25) is 5.76 Å². The van der Waals surface area contributed by atoms with E-state index in [0.717, 1.165) is 0 Å². The average Bonchev–Trinajstić information content (AvgIpc) is 2.86. The predicted octanol–water partition coefficient (Wildman–Crippen LogP) is 0.632. The van der Waals surface area contributed by atoms with E-state index in [1.165, 1.54) is 6.20 Å². The Labute approximate surface area is 106 Å². The van der Waals surface area contributed by atoms with E-state index >= 15 is 0 Å². The molecule has 0 aromatic carbocycles. The van der Waals surface area contributed by atoms with Gasteiger partial charge in [0.25, 0.3) is 5.91 Å². The number of amides is 1. The summed E-state index contributed by atoms with van der Waals surface area (Å²) in [5, 5.41) is 3.57. The molecular formula is C11H16N2O4S. The van der Waals surface area contributed by atoms with Gasteiger partial charge in [0.15, 0.2) is 9.84 Å². The molecule has 2 rings (SSSR count). The van der Waals surface area contributed by atoms with E-state index in [1.54, 1.807) is 11.8 Å². The SMILES string of the molecule is CCN(C(=O)c1oncc1C)C1CCS(=O)(=O)C1. The van der Waals surface area contributed by atoms with Gasteiger partial charge in [-0.15, -0.1) is 0 Å².